The average Bonchev–Trinajstić information content (AvgIpc) is 3.52. The van der Waals surface area contributed by atoms with Crippen LogP contribution in [0.2, 0.25) is 0 Å². The zero-order chi connectivity index (χ0) is 32.5. The Balaban J connectivity index is 1.74. The summed E-state index contributed by atoms with van der Waals surface area (Å²) in [5, 5.41) is 28.5. The maximum absolute atomic E-state index is 12.2. The number of Topliss-reactive ketones (excluding diaryl/α,β-unsaturated/α-hetero) is 1. The van der Waals surface area contributed by atoms with Gasteiger partial charge in [-0.15, -0.1) is 10.2 Å². The first kappa shape index (κ1) is 37.4. The van der Waals surface area contributed by atoms with Crippen molar-refractivity contribution in [3.63, 3.8) is 0 Å². The number of esters is 2. The fourth-order valence-electron chi connectivity index (χ4n) is 4.84. The van der Waals surface area contributed by atoms with Crippen molar-refractivity contribution >= 4 is 45.3 Å². The van der Waals surface area contributed by atoms with Gasteiger partial charge >= 0.3 is 22.0 Å². The summed E-state index contributed by atoms with van der Waals surface area (Å²) in [4.78, 5) is 34.8. The van der Waals surface area contributed by atoms with E-state index in [4.69, 9.17) is 9.47 Å². The lowest BCUT2D eigenvalue weighted by Crippen LogP contribution is -2.24. The Labute approximate surface area is 263 Å². The normalized spacial score (nSPS) is 21.4. The molecule has 5 atom stereocenters. The molecule has 1 aromatic rings. The van der Waals surface area contributed by atoms with Crippen LogP contribution in [0.15, 0.2) is 33.0 Å². The first-order valence-corrected chi connectivity index (χ1v) is 17.3. The molecule has 2 rings (SSSR count). The van der Waals surface area contributed by atoms with Gasteiger partial charge in [0.1, 0.15) is 16.9 Å². The van der Waals surface area contributed by atoms with E-state index >= 15 is 0 Å². The second-order valence-corrected chi connectivity index (χ2v) is 13.7. The highest BCUT2D eigenvalue weighted by Crippen LogP contribution is 2.38. The summed E-state index contributed by atoms with van der Waals surface area (Å²) < 4.78 is 38.2. The number of ether oxygens (including phenoxy) is 2. The van der Waals surface area contributed by atoms with Crippen molar-refractivity contribution in [2.45, 2.75) is 114 Å². The van der Waals surface area contributed by atoms with Crippen molar-refractivity contribution in [2.24, 2.45) is 16.2 Å². The van der Waals surface area contributed by atoms with Crippen LogP contribution in [0.5, 0.6) is 0 Å². The summed E-state index contributed by atoms with van der Waals surface area (Å²) in [5.74, 6) is -1.35. The van der Waals surface area contributed by atoms with E-state index in [9.17, 15) is 33.0 Å². The van der Waals surface area contributed by atoms with Crippen LogP contribution >= 0.6 is 11.3 Å². The smallest absolute Gasteiger partial charge is 0.311 e. The van der Waals surface area contributed by atoms with Crippen molar-refractivity contribution in [3.05, 3.63) is 29.3 Å². The molecule has 0 amide bonds. The molecule has 1 saturated carbocycles. The number of aliphatic hydroxyl groups is 2. The molecule has 0 spiro atoms. The number of sulfonamides is 1. The third-order valence-electron chi connectivity index (χ3n) is 6.99. The number of hydrogen-bond acceptors (Lipinski definition) is 12. The molecular formula is C30H45N3O9S2. The fraction of sp³-hybridized carbons (Fsp3) is 0.667. The van der Waals surface area contributed by atoms with Crippen LogP contribution in [0.25, 0.3) is 0 Å². The number of carbonyl (C=O) groups excluding carboxylic acids is 3. The Kier molecular flexibility index (Phi) is 16.6. The van der Waals surface area contributed by atoms with Gasteiger partial charge in [0.25, 0.3) is 4.34 Å². The van der Waals surface area contributed by atoms with E-state index in [1.165, 1.54) is 13.8 Å². The van der Waals surface area contributed by atoms with Crippen LogP contribution in [-0.2, 0) is 40.3 Å². The van der Waals surface area contributed by atoms with Crippen molar-refractivity contribution in [3.8, 4) is 0 Å². The van der Waals surface area contributed by atoms with Gasteiger partial charge < -0.3 is 19.7 Å². The van der Waals surface area contributed by atoms with Crippen molar-refractivity contribution in [1.82, 2.24) is 10.2 Å². The number of nitrogens with zero attached hydrogens (tertiary/aromatic N) is 3. The maximum atomic E-state index is 12.2. The molecular weight excluding hydrogens is 610 g/mol. The number of ketones is 1. The van der Waals surface area contributed by atoms with Crippen LogP contribution in [0.4, 0.5) is 0 Å². The molecule has 1 fully saturated rings. The minimum atomic E-state index is -4.03. The number of hydrogen-bond donors (Lipinski definition) is 2. The van der Waals surface area contributed by atoms with Crippen LogP contribution in [0.3, 0.4) is 0 Å². The first-order chi connectivity index (χ1) is 20.9. The zero-order valence-corrected chi connectivity index (χ0v) is 27.3. The highest BCUT2D eigenvalue weighted by atomic mass is 32.2. The number of aliphatic hydroxyl groups excluding tert-OH is 2. The molecule has 0 aliphatic heterocycles. The number of carbonyl (C=O) groups is 3. The highest BCUT2D eigenvalue weighted by molar-refractivity contribution is 7.92. The van der Waals surface area contributed by atoms with Crippen molar-refractivity contribution in [1.29, 1.82) is 0 Å². The standard InChI is InChI=1S/C30H45N3O9S2/c1-4-5-8-12-23(36)15-16-24-25(27(20-26(24)37)42-22(3)35)13-9-6-7-10-14-29(38)41-18-11-17-31-44(39,40)30-33-32-28(43-30)19-21(2)34/h6,9,15-17,23-27,36-37H,4-5,7-8,10-14,18-20H2,1-3H3/b9-6-,16-15+,31-17?/t23-,24+,25+,26+,27-/m0/s1. The monoisotopic (exact) mass is 655 g/mol. The minimum Gasteiger partial charge on any atom is -0.465 e. The summed E-state index contributed by atoms with van der Waals surface area (Å²) in [6.07, 6.45) is 13.0. The summed E-state index contributed by atoms with van der Waals surface area (Å²) in [7, 11) is -4.03. The summed E-state index contributed by atoms with van der Waals surface area (Å²) in [5.41, 5.74) is 0. The first-order valence-electron chi connectivity index (χ1n) is 15.1. The predicted molar refractivity (Wildman–Crippen MR) is 166 cm³/mol. The third-order valence-corrected chi connectivity index (χ3v) is 9.53. The average molecular weight is 656 g/mol. The molecule has 44 heavy (non-hydrogen) atoms. The van der Waals surface area contributed by atoms with E-state index in [-0.39, 0.29) is 47.8 Å². The van der Waals surface area contributed by atoms with Gasteiger partial charge in [-0.25, -0.2) is 0 Å². The van der Waals surface area contributed by atoms with Gasteiger partial charge in [-0.3, -0.25) is 14.4 Å². The molecule has 12 nitrogen and oxygen atoms in total. The zero-order valence-electron chi connectivity index (χ0n) is 25.7. The van der Waals surface area contributed by atoms with Crippen LogP contribution < -0.4 is 0 Å². The minimum absolute atomic E-state index is 0.00693. The molecule has 1 aliphatic rings. The van der Waals surface area contributed by atoms with Gasteiger partial charge in [0, 0.05) is 44.2 Å². The van der Waals surface area contributed by atoms with E-state index in [1.54, 1.807) is 6.08 Å². The van der Waals surface area contributed by atoms with Gasteiger partial charge in [-0.1, -0.05) is 61.8 Å². The van der Waals surface area contributed by atoms with Gasteiger partial charge in [0.15, 0.2) is 0 Å². The topological polar surface area (TPSA) is 182 Å². The van der Waals surface area contributed by atoms with E-state index in [2.05, 4.69) is 21.5 Å². The lowest BCUT2D eigenvalue weighted by atomic mass is 9.89. The molecule has 0 bridgehead atoms. The van der Waals surface area contributed by atoms with Crippen LogP contribution in [-0.4, -0.2) is 77.7 Å². The fourth-order valence-corrected chi connectivity index (χ4v) is 6.86. The molecule has 0 radical (unpaired) electrons. The van der Waals surface area contributed by atoms with Gasteiger partial charge in [0.2, 0.25) is 0 Å². The number of rotatable bonds is 20. The highest BCUT2D eigenvalue weighted by Gasteiger charge is 2.42. The Morgan fingerprint density at radius 3 is 2.61 bits per heavy atom. The number of unbranched alkanes of at least 4 members (excludes halogenated alkanes) is 3. The predicted octanol–water partition coefficient (Wildman–Crippen LogP) is 3.91. The van der Waals surface area contributed by atoms with E-state index < -0.39 is 40.3 Å². The Hall–Kier alpha value is -2.81. The molecule has 14 heteroatoms. The maximum Gasteiger partial charge on any atom is 0.311 e. The van der Waals surface area contributed by atoms with Crippen molar-refractivity contribution in [2.75, 3.05) is 6.61 Å². The van der Waals surface area contributed by atoms with Crippen molar-refractivity contribution < 1.29 is 42.5 Å². The SMILES string of the molecule is CCCCC[C@H](O)/C=C/[C@@H]1[C@@H](C/C=C\CCCC(=O)OCCC=NS(=O)(=O)c2nnc(CC(C)=O)s2)[C@@H](OC(C)=O)C[C@H]1O. The molecule has 0 aromatic carbocycles. The lowest BCUT2D eigenvalue weighted by molar-refractivity contribution is -0.148. The molecule has 0 saturated heterocycles. The van der Waals surface area contributed by atoms with Crippen LogP contribution in [0.1, 0.15) is 90.0 Å². The Morgan fingerprint density at radius 2 is 1.91 bits per heavy atom. The molecule has 2 N–H and O–H groups in total. The van der Waals surface area contributed by atoms with Gasteiger partial charge in [0.05, 0.1) is 25.2 Å². The quantitative estimate of drug-likeness (QED) is 0.0899. The molecule has 1 aliphatic carbocycles. The summed E-state index contributed by atoms with van der Waals surface area (Å²) in [6.45, 7) is 4.80. The largest absolute Gasteiger partial charge is 0.465 e. The number of allylic oxidation sites excluding steroid dienone is 2. The Bertz CT molecular complexity index is 1260. The van der Waals surface area contributed by atoms with Gasteiger partial charge in [-0.05, 0) is 32.6 Å². The lowest BCUT2D eigenvalue weighted by Gasteiger charge is -2.22. The summed E-state index contributed by atoms with van der Waals surface area (Å²) >= 11 is 0.788. The third kappa shape index (κ3) is 13.9. The second kappa shape index (κ2) is 19.6. The van der Waals surface area contributed by atoms with E-state index in [0.717, 1.165) is 36.8 Å². The second-order valence-electron chi connectivity index (χ2n) is 10.9. The molecule has 246 valence electrons. The molecule has 0 unspecified atom stereocenters. The molecule has 1 heterocycles. The van der Waals surface area contributed by atoms with E-state index in [1.807, 2.05) is 18.2 Å². The Morgan fingerprint density at radius 1 is 1.14 bits per heavy atom. The van der Waals surface area contributed by atoms with Crippen LogP contribution in [0, 0.1) is 11.8 Å². The summed E-state index contributed by atoms with van der Waals surface area (Å²) in [6, 6.07) is 0. The van der Waals surface area contributed by atoms with E-state index in [0.29, 0.717) is 37.1 Å². The molecule has 1 aromatic heterocycles. The number of aromatic nitrogens is 2. The van der Waals surface area contributed by atoms with Gasteiger partial charge in [-0.2, -0.15) is 12.8 Å².